The number of ether oxygens (including phenoxy) is 1. The van der Waals surface area contributed by atoms with Gasteiger partial charge in [-0.25, -0.2) is 0 Å². The van der Waals surface area contributed by atoms with Crippen LogP contribution in [0.4, 0.5) is 0 Å². The van der Waals surface area contributed by atoms with Crippen molar-refractivity contribution in [1.29, 1.82) is 0 Å². The number of nitrogens with one attached hydrogen (secondary N) is 1. The molecule has 0 spiro atoms. The topological polar surface area (TPSA) is 51.2 Å². The fourth-order valence-corrected chi connectivity index (χ4v) is 2.70. The van der Waals surface area contributed by atoms with Gasteiger partial charge in [0.15, 0.2) is 0 Å². The molecule has 25 heavy (non-hydrogen) atoms. The highest BCUT2D eigenvalue weighted by Gasteiger charge is 2.08. The van der Waals surface area contributed by atoms with Crippen molar-refractivity contribution in [2.24, 2.45) is 0 Å². The smallest absolute Gasteiger partial charge is 0.224 e. The van der Waals surface area contributed by atoms with Gasteiger partial charge in [-0.2, -0.15) is 0 Å². The highest BCUT2D eigenvalue weighted by atomic mass is 16.5. The molecule has 2 aromatic carbocycles. The maximum absolute atomic E-state index is 12.3. The standard InChI is InChI=1S/C21H22N2O2/c1-15(2)25-19-10-8-16(9-11-19)14-23-20(24)13-18-6-3-5-17-7-4-12-22-21(17)18/h3-12,15H,13-14H2,1-2H3,(H,23,24). The number of amides is 1. The Bertz CT molecular complexity index is 852. The molecule has 0 saturated carbocycles. The van der Waals surface area contributed by atoms with Crippen LogP contribution >= 0.6 is 0 Å². The molecule has 0 bridgehead atoms. The van der Waals surface area contributed by atoms with E-state index < -0.39 is 0 Å². The second-order valence-electron chi connectivity index (χ2n) is 6.26. The van der Waals surface area contributed by atoms with Crippen molar-refractivity contribution in [3.05, 3.63) is 71.9 Å². The van der Waals surface area contributed by atoms with Crippen molar-refractivity contribution in [2.45, 2.75) is 32.9 Å². The Morgan fingerprint density at radius 3 is 2.60 bits per heavy atom. The molecule has 0 aliphatic carbocycles. The van der Waals surface area contributed by atoms with Crippen LogP contribution in [0.25, 0.3) is 10.9 Å². The third-order valence-corrected chi connectivity index (χ3v) is 3.85. The molecule has 0 aliphatic rings. The molecule has 3 rings (SSSR count). The summed E-state index contributed by atoms with van der Waals surface area (Å²) in [7, 11) is 0. The van der Waals surface area contributed by atoms with E-state index in [2.05, 4.69) is 10.3 Å². The second-order valence-corrected chi connectivity index (χ2v) is 6.26. The number of carbonyl (C=O) groups is 1. The first-order valence-electron chi connectivity index (χ1n) is 8.47. The Balaban J connectivity index is 1.59. The predicted molar refractivity (Wildman–Crippen MR) is 99.5 cm³/mol. The number of aromatic nitrogens is 1. The van der Waals surface area contributed by atoms with Crippen molar-refractivity contribution in [3.8, 4) is 5.75 Å². The summed E-state index contributed by atoms with van der Waals surface area (Å²) >= 11 is 0. The van der Waals surface area contributed by atoms with Crippen molar-refractivity contribution in [1.82, 2.24) is 10.3 Å². The van der Waals surface area contributed by atoms with Gasteiger partial charge in [-0.3, -0.25) is 9.78 Å². The van der Waals surface area contributed by atoms with Crippen molar-refractivity contribution >= 4 is 16.8 Å². The van der Waals surface area contributed by atoms with Crippen LogP contribution in [-0.2, 0) is 17.8 Å². The number of rotatable bonds is 6. The number of nitrogens with zero attached hydrogens (tertiary/aromatic N) is 1. The molecule has 0 radical (unpaired) electrons. The van der Waals surface area contributed by atoms with Crippen LogP contribution in [0.15, 0.2) is 60.8 Å². The van der Waals surface area contributed by atoms with E-state index in [9.17, 15) is 4.79 Å². The van der Waals surface area contributed by atoms with E-state index in [1.165, 1.54) is 0 Å². The molecule has 1 aromatic heterocycles. The van der Waals surface area contributed by atoms with Crippen LogP contribution in [0.5, 0.6) is 5.75 Å². The van der Waals surface area contributed by atoms with Gasteiger partial charge in [0.25, 0.3) is 0 Å². The van der Waals surface area contributed by atoms with E-state index in [1.807, 2.05) is 68.4 Å². The monoisotopic (exact) mass is 334 g/mol. The van der Waals surface area contributed by atoms with E-state index in [0.29, 0.717) is 13.0 Å². The lowest BCUT2D eigenvalue weighted by molar-refractivity contribution is -0.120. The zero-order chi connectivity index (χ0) is 17.6. The molecule has 0 aliphatic heterocycles. The third kappa shape index (κ3) is 4.57. The lowest BCUT2D eigenvalue weighted by Gasteiger charge is -2.11. The Morgan fingerprint density at radius 1 is 1.08 bits per heavy atom. The van der Waals surface area contributed by atoms with Crippen LogP contribution in [0, 0.1) is 0 Å². The van der Waals surface area contributed by atoms with Crippen LogP contribution in [0.1, 0.15) is 25.0 Å². The molecule has 4 heteroatoms. The van der Waals surface area contributed by atoms with Crippen molar-refractivity contribution in [3.63, 3.8) is 0 Å². The van der Waals surface area contributed by atoms with E-state index in [0.717, 1.165) is 27.8 Å². The number of benzene rings is 2. The summed E-state index contributed by atoms with van der Waals surface area (Å²) in [6.45, 7) is 4.49. The van der Waals surface area contributed by atoms with E-state index in [4.69, 9.17) is 4.74 Å². The van der Waals surface area contributed by atoms with E-state index >= 15 is 0 Å². The molecular weight excluding hydrogens is 312 g/mol. The van der Waals surface area contributed by atoms with Gasteiger partial charge in [-0.15, -0.1) is 0 Å². The van der Waals surface area contributed by atoms with Gasteiger partial charge < -0.3 is 10.1 Å². The summed E-state index contributed by atoms with van der Waals surface area (Å²) < 4.78 is 5.62. The lowest BCUT2D eigenvalue weighted by atomic mass is 10.1. The highest BCUT2D eigenvalue weighted by molar-refractivity contribution is 5.87. The van der Waals surface area contributed by atoms with Crippen molar-refractivity contribution < 1.29 is 9.53 Å². The van der Waals surface area contributed by atoms with Crippen LogP contribution in [-0.4, -0.2) is 17.0 Å². The average molecular weight is 334 g/mol. The molecule has 1 heterocycles. The summed E-state index contributed by atoms with van der Waals surface area (Å²) in [5.74, 6) is 0.826. The number of fused-ring (bicyclic) bond motifs is 1. The normalized spacial score (nSPS) is 10.8. The first-order valence-corrected chi connectivity index (χ1v) is 8.47. The zero-order valence-electron chi connectivity index (χ0n) is 14.5. The largest absolute Gasteiger partial charge is 0.491 e. The Morgan fingerprint density at radius 2 is 1.84 bits per heavy atom. The third-order valence-electron chi connectivity index (χ3n) is 3.85. The van der Waals surface area contributed by atoms with Crippen LogP contribution in [0.3, 0.4) is 0 Å². The van der Waals surface area contributed by atoms with Gasteiger partial charge in [-0.05, 0) is 43.2 Å². The lowest BCUT2D eigenvalue weighted by Crippen LogP contribution is -2.24. The SMILES string of the molecule is CC(C)Oc1ccc(CNC(=O)Cc2cccc3cccnc23)cc1. The summed E-state index contributed by atoms with van der Waals surface area (Å²) in [5.41, 5.74) is 2.87. The Hall–Kier alpha value is -2.88. The van der Waals surface area contributed by atoms with Gasteiger partial charge in [0, 0.05) is 18.1 Å². The summed E-state index contributed by atoms with van der Waals surface area (Å²) in [6, 6.07) is 17.6. The quantitative estimate of drug-likeness (QED) is 0.744. The van der Waals surface area contributed by atoms with E-state index in [1.54, 1.807) is 6.20 Å². The molecule has 0 saturated heterocycles. The van der Waals surface area contributed by atoms with Crippen LogP contribution in [0.2, 0.25) is 0 Å². The molecule has 0 unspecified atom stereocenters. The van der Waals surface area contributed by atoms with E-state index in [-0.39, 0.29) is 12.0 Å². The molecule has 128 valence electrons. The average Bonchev–Trinajstić information content (AvgIpc) is 2.61. The second kappa shape index (κ2) is 7.79. The molecule has 4 nitrogen and oxygen atoms in total. The molecule has 1 N–H and O–H groups in total. The molecular formula is C21H22N2O2. The number of hydrogen-bond acceptors (Lipinski definition) is 3. The molecule has 3 aromatic rings. The minimum atomic E-state index is -0.0133. The number of carbonyl (C=O) groups excluding carboxylic acids is 1. The first kappa shape index (κ1) is 17.0. The number of para-hydroxylation sites is 1. The number of hydrogen-bond donors (Lipinski definition) is 1. The van der Waals surface area contributed by atoms with Gasteiger partial charge in [-0.1, -0.05) is 36.4 Å². The molecule has 1 amide bonds. The number of pyridine rings is 1. The molecule has 0 fully saturated rings. The predicted octanol–water partition coefficient (Wildman–Crippen LogP) is 3.88. The summed E-state index contributed by atoms with van der Waals surface area (Å²) in [4.78, 5) is 16.7. The van der Waals surface area contributed by atoms with Gasteiger partial charge in [0.2, 0.25) is 5.91 Å². The maximum Gasteiger partial charge on any atom is 0.224 e. The van der Waals surface area contributed by atoms with Crippen molar-refractivity contribution in [2.75, 3.05) is 0 Å². The zero-order valence-corrected chi connectivity index (χ0v) is 14.5. The van der Waals surface area contributed by atoms with Gasteiger partial charge in [0.05, 0.1) is 18.0 Å². The Kier molecular flexibility index (Phi) is 5.29. The minimum absolute atomic E-state index is 0.0133. The summed E-state index contributed by atoms with van der Waals surface area (Å²) in [5, 5.41) is 4.01. The minimum Gasteiger partial charge on any atom is -0.491 e. The summed E-state index contributed by atoms with van der Waals surface area (Å²) in [6.07, 6.45) is 2.23. The van der Waals surface area contributed by atoms with Gasteiger partial charge in [0.1, 0.15) is 5.75 Å². The fraction of sp³-hybridized carbons (Fsp3) is 0.238. The van der Waals surface area contributed by atoms with Gasteiger partial charge >= 0.3 is 0 Å². The van der Waals surface area contributed by atoms with Crippen LogP contribution < -0.4 is 10.1 Å². The maximum atomic E-state index is 12.3. The fourth-order valence-electron chi connectivity index (χ4n) is 2.70. The first-order chi connectivity index (χ1) is 12.1. The highest BCUT2D eigenvalue weighted by Crippen LogP contribution is 2.17. The Labute approximate surface area is 147 Å². The molecule has 0 atom stereocenters.